The lowest BCUT2D eigenvalue weighted by atomic mass is 9.97. The summed E-state index contributed by atoms with van der Waals surface area (Å²) < 4.78 is 0. The summed E-state index contributed by atoms with van der Waals surface area (Å²) in [7, 11) is 0. The molecule has 0 saturated carbocycles. The van der Waals surface area contributed by atoms with Gasteiger partial charge in [-0.2, -0.15) is 0 Å². The van der Waals surface area contributed by atoms with Crippen LogP contribution in [-0.4, -0.2) is 35.1 Å². The standard InChI is InChI=1S/C20H29Cl2N3O4/c1-5-12(4)17(19(27)28)25-18(26)16(8-11(2)3)24-20(29)23-10-13-6-7-14(21)15(22)9-13/h6-7,9,11-12,16-17H,5,8,10H2,1-4H3,(H,25,26)(H,27,28)(H2,23,24,29)/t12-,16-,17-/m0/s1. The molecule has 0 unspecified atom stereocenters. The average molecular weight is 446 g/mol. The molecule has 4 N–H and O–H groups in total. The molecule has 0 bridgehead atoms. The number of hydrogen-bond acceptors (Lipinski definition) is 3. The molecule has 29 heavy (non-hydrogen) atoms. The molecule has 7 nitrogen and oxygen atoms in total. The predicted octanol–water partition coefficient (Wildman–Crippen LogP) is 3.82. The van der Waals surface area contributed by atoms with Gasteiger partial charge >= 0.3 is 12.0 Å². The monoisotopic (exact) mass is 445 g/mol. The van der Waals surface area contributed by atoms with Gasteiger partial charge in [0, 0.05) is 6.54 Å². The van der Waals surface area contributed by atoms with E-state index in [-0.39, 0.29) is 18.4 Å². The first-order chi connectivity index (χ1) is 13.5. The van der Waals surface area contributed by atoms with Gasteiger partial charge in [-0.3, -0.25) is 4.79 Å². The summed E-state index contributed by atoms with van der Waals surface area (Å²) in [6.45, 7) is 7.64. The Labute approximate surface area is 181 Å². The molecule has 3 amide bonds. The van der Waals surface area contributed by atoms with Gasteiger partial charge in [0.15, 0.2) is 0 Å². The SMILES string of the molecule is CC[C@H](C)[C@H](NC(=O)[C@H](CC(C)C)NC(=O)NCc1ccc(Cl)c(Cl)c1)C(=O)O. The van der Waals surface area contributed by atoms with Crippen LogP contribution in [0.4, 0.5) is 4.79 Å². The van der Waals surface area contributed by atoms with E-state index in [1.807, 2.05) is 20.8 Å². The molecule has 1 aromatic rings. The van der Waals surface area contributed by atoms with E-state index in [2.05, 4.69) is 16.0 Å². The van der Waals surface area contributed by atoms with Crippen molar-refractivity contribution in [3.8, 4) is 0 Å². The van der Waals surface area contributed by atoms with Crippen molar-refractivity contribution in [2.24, 2.45) is 11.8 Å². The number of amides is 3. The van der Waals surface area contributed by atoms with Crippen LogP contribution in [0.1, 0.15) is 46.1 Å². The second-order valence-electron chi connectivity index (χ2n) is 7.47. The third kappa shape index (κ3) is 8.50. The zero-order valence-electron chi connectivity index (χ0n) is 17.1. The molecule has 0 aliphatic rings. The summed E-state index contributed by atoms with van der Waals surface area (Å²) in [6, 6.07) is 2.61. The molecule has 9 heteroatoms. The minimum absolute atomic E-state index is 0.119. The highest BCUT2D eigenvalue weighted by molar-refractivity contribution is 6.42. The Bertz CT molecular complexity index is 728. The van der Waals surface area contributed by atoms with Gasteiger partial charge in [0.2, 0.25) is 5.91 Å². The molecule has 0 fully saturated rings. The van der Waals surface area contributed by atoms with Gasteiger partial charge in [-0.25, -0.2) is 9.59 Å². The lowest BCUT2D eigenvalue weighted by Gasteiger charge is -2.25. The molecular weight excluding hydrogens is 417 g/mol. The number of hydrogen-bond donors (Lipinski definition) is 4. The van der Waals surface area contributed by atoms with Crippen molar-refractivity contribution in [1.82, 2.24) is 16.0 Å². The van der Waals surface area contributed by atoms with Crippen LogP contribution in [0.5, 0.6) is 0 Å². The number of halogens is 2. The molecule has 0 aliphatic heterocycles. The summed E-state index contributed by atoms with van der Waals surface area (Å²) in [5.74, 6) is -1.73. The van der Waals surface area contributed by atoms with E-state index in [1.165, 1.54) is 0 Å². The largest absolute Gasteiger partial charge is 0.480 e. The van der Waals surface area contributed by atoms with Gasteiger partial charge in [0.05, 0.1) is 10.0 Å². The highest BCUT2D eigenvalue weighted by Gasteiger charge is 2.29. The maximum atomic E-state index is 12.7. The topological polar surface area (TPSA) is 108 Å². The second-order valence-corrected chi connectivity index (χ2v) is 8.28. The first-order valence-electron chi connectivity index (χ1n) is 9.56. The van der Waals surface area contributed by atoms with Crippen molar-refractivity contribution >= 4 is 41.1 Å². The highest BCUT2D eigenvalue weighted by atomic mass is 35.5. The Morgan fingerprint density at radius 2 is 1.72 bits per heavy atom. The fourth-order valence-electron chi connectivity index (χ4n) is 2.68. The van der Waals surface area contributed by atoms with Crippen molar-refractivity contribution in [3.05, 3.63) is 33.8 Å². The third-order valence-corrected chi connectivity index (χ3v) is 5.28. The molecule has 1 aromatic carbocycles. The van der Waals surface area contributed by atoms with Crippen LogP contribution in [0, 0.1) is 11.8 Å². The number of carboxylic acid groups (broad SMARTS) is 1. The third-order valence-electron chi connectivity index (χ3n) is 4.54. The van der Waals surface area contributed by atoms with E-state index in [1.54, 1.807) is 25.1 Å². The number of aliphatic carboxylic acids is 1. The van der Waals surface area contributed by atoms with Crippen molar-refractivity contribution < 1.29 is 19.5 Å². The smallest absolute Gasteiger partial charge is 0.326 e. The van der Waals surface area contributed by atoms with Gasteiger partial charge in [-0.05, 0) is 36.0 Å². The van der Waals surface area contributed by atoms with Crippen LogP contribution < -0.4 is 16.0 Å². The van der Waals surface area contributed by atoms with Crippen molar-refractivity contribution in [2.75, 3.05) is 0 Å². The van der Waals surface area contributed by atoms with E-state index in [0.29, 0.717) is 22.9 Å². The van der Waals surface area contributed by atoms with E-state index in [0.717, 1.165) is 5.56 Å². The van der Waals surface area contributed by atoms with Crippen LogP contribution in [0.15, 0.2) is 18.2 Å². The molecule has 1 rings (SSSR count). The number of carbonyl (C=O) groups is 3. The van der Waals surface area contributed by atoms with Crippen LogP contribution in [-0.2, 0) is 16.1 Å². The quantitative estimate of drug-likeness (QED) is 0.438. The molecule has 0 spiro atoms. The van der Waals surface area contributed by atoms with E-state index >= 15 is 0 Å². The summed E-state index contributed by atoms with van der Waals surface area (Å²) >= 11 is 11.8. The lowest BCUT2D eigenvalue weighted by molar-refractivity contribution is -0.143. The van der Waals surface area contributed by atoms with Gasteiger partial charge in [0.1, 0.15) is 12.1 Å². The van der Waals surface area contributed by atoms with Crippen LogP contribution in [0.25, 0.3) is 0 Å². The first kappa shape index (κ1) is 25.0. The zero-order chi connectivity index (χ0) is 22.1. The molecule has 0 radical (unpaired) electrons. The first-order valence-corrected chi connectivity index (χ1v) is 10.3. The second kappa shape index (κ2) is 11.9. The Hall–Kier alpha value is -1.99. The Morgan fingerprint density at radius 3 is 2.24 bits per heavy atom. The van der Waals surface area contributed by atoms with E-state index < -0.39 is 30.0 Å². The minimum atomic E-state index is -1.10. The van der Waals surface area contributed by atoms with Gasteiger partial charge < -0.3 is 21.1 Å². The fourth-order valence-corrected chi connectivity index (χ4v) is 3.00. The number of nitrogens with one attached hydrogen (secondary N) is 3. The lowest BCUT2D eigenvalue weighted by Crippen LogP contribution is -2.55. The van der Waals surface area contributed by atoms with Gasteiger partial charge in [-0.1, -0.05) is 63.4 Å². The predicted molar refractivity (Wildman–Crippen MR) is 114 cm³/mol. The zero-order valence-corrected chi connectivity index (χ0v) is 18.6. The number of urea groups is 1. The molecule has 0 heterocycles. The number of carbonyl (C=O) groups excluding carboxylic acids is 2. The maximum Gasteiger partial charge on any atom is 0.326 e. The number of carboxylic acids is 1. The molecule has 0 aliphatic carbocycles. The number of rotatable bonds is 10. The van der Waals surface area contributed by atoms with Crippen LogP contribution >= 0.6 is 23.2 Å². The van der Waals surface area contributed by atoms with Crippen LogP contribution in [0.3, 0.4) is 0 Å². The Balaban J connectivity index is 2.75. The molecular formula is C20H29Cl2N3O4. The Morgan fingerprint density at radius 1 is 1.07 bits per heavy atom. The Kier molecular flexibility index (Phi) is 10.3. The number of benzene rings is 1. The normalized spacial score (nSPS) is 14.0. The summed E-state index contributed by atoms with van der Waals surface area (Å²) in [6.07, 6.45) is 0.975. The fraction of sp³-hybridized carbons (Fsp3) is 0.550. The van der Waals surface area contributed by atoms with Gasteiger partial charge in [0.25, 0.3) is 0 Å². The minimum Gasteiger partial charge on any atom is -0.480 e. The van der Waals surface area contributed by atoms with E-state index in [9.17, 15) is 19.5 Å². The van der Waals surface area contributed by atoms with Crippen molar-refractivity contribution in [2.45, 2.75) is 59.2 Å². The van der Waals surface area contributed by atoms with Crippen LogP contribution in [0.2, 0.25) is 10.0 Å². The van der Waals surface area contributed by atoms with E-state index in [4.69, 9.17) is 23.2 Å². The molecule has 0 aromatic heterocycles. The maximum absolute atomic E-state index is 12.7. The molecule has 162 valence electrons. The van der Waals surface area contributed by atoms with Crippen molar-refractivity contribution in [3.63, 3.8) is 0 Å². The summed E-state index contributed by atoms with van der Waals surface area (Å²) in [5, 5.41) is 18.0. The summed E-state index contributed by atoms with van der Waals surface area (Å²) in [4.78, 5) is 36.4. The van der Waals surface area contributed by atoms with Crippen molar-refractivity contribution in [1.29, 1.82) is 0 Å². The highest BCUT2D eigenvalue weighted by Crippen LogP contribution is 2.22. The average Bonchev–Trinajstić information content (AvgIpc) is 2.65. The molecule has 0 saturated heterocycles. The van der Waals surface area contributed by atoms with Gasteiger partial charge in [-0.15, -0.1) is 0 Å². The summed E-state index contributed by atoms with van der Waals surface area (Å²) in [5.41, 5.74) is 0.752. The molecule has 3 atom stereocenters.